The molecule has 1 aliphatic rings. The van der Waals surface area contributed by atoms with Crippen LogP contribution in [0.4, 0.5) is 17.6 Å². The zero-order chi connectivity index (χ0) is 27.1. The van der Waals surface area contributed by atoms with Crippen LogP contribution in [0.5, 0.6) is 0 Å². The van der Waals surface area contributed by atoms with Gasteiger partial charge in [-0.15, -0.1) is 0 Å². The fourth-order valence-electron chi connectivity index (χ4n) is 4.27. The molecule has 1 atom stereocenters. The number of fused-ring (bicyclic) bond motifs is 1. The first-order chi connectivity index (χ1) is 18.0. The third kappa shape index (κ3) is 5.11. The number of nitrogens with zero attached hydrogens (tertiary/aromatic N) is 3. The third-order valence-electron chi connectivity index (χ3n) is 6.13. The Bertz CT molecular complexity index is 1600. The second-order valence-electron chi connectivity index (χ2n) is 8.68. The highest BCUT2D eigenvalue weighted by atomic mass is 32.2. The van der Waals surface area contributed by atoms with E-state index in [1.54, 1.807) is 18.2 Å². The Morgan fingerprint density at radius 1 is 1.13 bits per heavy atom. The highest BCUT2D eigenvalue weighted by Gasteiger charge is 2.41. The topological polar surface area (TPSA) is 105 Å². The number of halogens is 4. The van der Waals surface area contributed by atoms with Crippen molar-refractivity contribution in [1.82, 2.24) is 19.6 Å². The van der Waals surface area contributed by atoms with Gasteiger partial charge in [0, 0.05) is 29.8 Å². The van der Waals surface area contributed by atoms with E-state index in [-0.39, 0.29) is 29.2 Å². The summed E-state index contributed by atoms with van der Waals surface area (Å²) in [5, 5.41) is 2.60. The molecule has 0 bridgehead atoms. The molecule has 38 heavy (non-hydrogen) atoms. The largest absolute Gasteiger partial charge is 0.443 e. The minimum absolute atomic E-state index is 0.0327. The Labute approximate surface area is 214 Å². The second kappa shape index (κ2) is 9.80. The normalized spacial score (nSPS) is 16.7. The number of alkyl halides is 3. The third-order valence-corrected chi connectivity index (χ3v) is 7.89. The Kier molecular flexibility index (Phi) is 6.65. The van der Waals surface area contributed by atoms with Crippen LogP contribution in [0.15, 0.2) is 70.3 Å². The Balaban J connectivity index is 1.28. The molecule has 0 saturated carbocycles. The summed E-state index contributed by atoms with van der Waals surface area (Å²) in [6, 6.07) is 10.9. The number of amides is 1. The van der Waals surface area contributed by atoms with Gasteiger partial charge in [0.15, 0.2) is 0 Å². The molecule has 1 N–H and O–H groups in total. The molecule has 1 fully saturated rings. The van der Waals surface area contributed by atoms with Crippen LogP contribution in [-0.4, -0.2) is 41.2 Å². The van der Waals surface area contributed by atoms with Gasteiger partial charge in [0.25, 0.3) is 10.0 Å². The van der Waals surface area contributed by atoms with Crippen molar-refractivity contribution in [1.29, 1.82) is 0 Å². The Morgan fingerprint density at radius 2 is 1.95 bits per heavy atom. The summed E-state index contributed by atoms with van der Waals surface area (Å²) >= 11 is 0. The smallest absolute Gasteiger partial charge is 0.433 e. The van der Waals surface area contributed by atoms with Gasteiger partial charge in [0.1, 0.15) is 23.1 Å². The van der Waals surface area contributed by atoms with Crippen molar-refractivity contribution in [3.63, 3.8) is 0 Å². The van der Waals surface area contributed by atoms with Gasteiger partial charge in [0.2, 0.25) is 11.0 Å². The molecule has 4 heterocycles. The van der Waals surface area contributed by atoms with Crippen molar-refractivity contribution in [3.8, 4) is 11.3 Å². The number of sulfonamides is 1. The number of aromatic nitrogens is 2. The lowest BCUT2D eigenvalue weighted by Crippen LogP contribution is -2.45. The Morgan fingerprint density at radius 3 is 2.68 bits per heavy atom. The summed E-state index contributed by atoms with van der Waals surface area (Å²) in [7, 11) is -4.17. The predicted molar refractivity (Wildman–Crippen MR) is 127 cm³/mol. The van der Waals surface area contributed by atoms with E-state index >= 15 is 0 Å². The number of furan rings is 1. The summed E-state index contributed by atoms with van der Waals surface area (Å²) in [6.45, 7) is 0.0789. The van der Waals surface area contributed by atoms with Gasteiger partial charge in [-0.2, -0.15) is 17.5 Å². The summed E-state index contributed by atoms with van der Waals surface area (Å²) < 4.78 is 84.8. The van der Waals surface area contributed by atoms with Crippen molar-refractivity contribution in [2.75, 3.05) is 6.54 Å². The molecular weight excluding hydrogens is 528 g/mol. The number of hydrogen-bond donors (Lipinski definition) is 1. The molecule has 1 saturated heterocycles. The average Bonchev–Trinajstić information content (AvgIpc) is 3.55. The monoisotopic (exact) mass is 548 g/mol. The molecule has 4 aromatic rings. The van der Waals surface area contributed by atoms with E-state index in [0.717, 1.165) is 28.7 Å². The quantitative estimate of drug-likeness (QED) is 0.356. The number of nitrogens with one attached hydrogen (secondary N) is 1. The van der Waals surface area contributed by atoms with Crippen LogP contribution in [-0.2, 0) is 27.5 Å². The average molecular weight is 549 g/mol. The molecule has 0 aliphatic carbocycles. The number of rotatable bonds is 6. The lowest BCUT2D eigenvalue weighted by atomic mass is 10.1. The zero-order valence-corrected chi connectivity index (χ0v) is 20.4. The second-order valence-corrected chi connectivity index (χ2v) is 10.5. The molecule has 198 valence electrons. The van der Waals surface area contributed by atoms with E-state index in [9.17, 15) is 30.8 Å². The van der Waals surface area contributed by atoms with E-state index in [1.165, 1.54) is 18.2 Å². The van der Waals surface area contributed by atoms with Crippen molar-refractivity contribution >= 4 is 26.9 Å². The van der Waals surface area contributed by atoms with Gasteiger partial charge in [-0.1, -0.05) is 6.07 Å². The summed E-state index contributed by atoms with van der Waals surface area (Å²) in [5.41, 5.74) is 0.340. The highest BCUT2D eigenvalue weighted by molar-refractivity contribution is 7.89. The highest BCUT2D eigenvalue weighted by Crippen LogP contribution is 2.31. The lowest BCUT2D eigenvalue weighted by molar-refractivity contribution is -0.141. The molecule has 1 aliphatic heterocycles. The van der Waals surface area contributed by atoms with Crippen LogP contribution < -0.4 is 5.32 Å². The van der Waals surface area contributed by atoms with E-state index in [1.807, 2.05) is 0 Å². The van der Waals surface area contributed by atoms with E-state index in [4.69, 9.17) is 4.42 Å². The summed E-state index contributed by atoms with van der Waals surface area (Å²) in [4.78, 5) is 20.8. The first-order valence-electron chi connectivity index (χ1n) is 11.5. The molecular formula is C25H20F4N4O4S. The van der Waals surface area contributed by atoms with E-state index < -0.39 is 39.7 Å². The van der Waals surface area contributed by atoms with Gasteiger partial charge in [0.05, 0.1) is 17.9 Å². The van der Waals surface area contributed by atoms with Crippen molar-refractivity contribution in [2.45, 2.75) is 36.7 Å². The molecule has 8 nitrogen and oxygen atoms in total. The zero-order valence-electron chi connectivity index (χ0n) is 19.6. The van der Waals surface area contributed by atoms with E-state index in [0.29, 0.717) is 29.8 Å². The van der Waals surface area contributed by atoms with Gasteiger partial charge in [-0.3, -0.25) is 14.8 Å². The first-order valence-corrected chi connectivity index (χ1v) is 12.9. The van der Waals surface area contributed by atoms with Crippen molar-refractivity contribution < 1.29 is 35.2 Å². The van der Waals surface area contributed by atoms with Crippen molar-refractivity contribution in [2.24, 2.45) is 0 Å². The number of hydrogen-bond acceptors (Lipinski definition) is 6. The SMILES string of the molecule is O=C(NCc1cccc(-c2ccc(C(F)(F)F)nc2)n1)C1CCCN1S(=O)(=O)c1cc2cc(F)ccc2o1. The molecule has 3 aromatic heterocycles. The lowest BCUT2D eigenvalue weighted by Gasteiger charge is -2.22. The fraction of sp³-hybridized carbons (Fsp3) is 0.240. The van der Waals surface area contributed by atoms with Crippen LogP contribution in [0, 0.1) is 5.82 Å². The van der Waals surface area contributed by atoms with Gasteiger partial charge >= 0.3 is 6.18 Å². The first kappa shape index (κ1) is 25.8. The number of benzene rings is 1. The van der Waals surface area contributed by atoms with Crippen LogP contribution in [0.3, 0.4) is 0 Å². The molecule has 5 rings (SSSR count). The van der Waals surface area contributed by atoms with Crippen molar-refractivity contribution in [3.05, 3.63) is 78.0 Å². The van der Waals surface area contributed by atoms with Crippen LogP contribution >= 0.6 is 0 Å². The predicted octanol–water partition coefficient (Wildman–Crippen LogP) is 4.52. The van der Waals surface area contributed by atoms with Gasteiger partial charge in [-0.05, 0) is 55.3 Å². The molecule has 1 aromatic carbocycles. The van der Waals surface area contributed by atoms with Gasteiger partial charge in [-0.25, -0.2) is 12.8 Å². The molecule has 1 amide bonds. The number of pyridine rings is 2. The van der Waals surface area contributed by atoms with Gasteiger partial charge < -0.3 is 9.73 Å². The maximum Gasteiger partial charge on any atom is 0.433 e. The maximum atomic E-state index is 13.5. The molecule has 0 radical (unpaired) electrons. The minimum atomic E-state index is -4.55. The fourth-order valence-corrected chi connectivity index (χ4v) is 5.88. The molecule has 13 heteroatoms. The van der Waals surface area contributed by atoms with Crippen LogP contribution in [0.1, 0.15) is 24.2 Å². The summed E-state index contributed by atoms with van der Waals surface area (Å²) in [6.07, 6.45) is -2.73. The summed E-state index contributed by atoms with van der Waals surface area (Å²) in [5.74, 6) is -1.07. The number of carbonyl (C=O) groups is 1. The molecule has 0 spiro atoms. The minimum Gasteiger partial charge on any atom is -0.443 e. The number of carbonyl (C=O) groups excluding carboxylic acids is 1. The standard InChI is InChI=1S/C25H20F4N4O4S/c26-17-7-8-21-16(11-17)12-23(37-21)38(35,36)33-10-2-5-20(33)24(34)31-14-18-3-1-4-19(32-18)15-6-9-22(30-13-15)25(27,28)29/h1,3-4,6-9,11-13,20H,2,5,10,14H2,(H,31,34). The maximum absolute atomic E-state index is 13.5. The molecule has 1 unspecified atom stereocenters. The van der Waals surface area contributed by atoms with E-state index in [2.05, 4.69) is 15.3 Å². The van der Waals surface area contributed by atoms with Crippen LogP contribution in [0.25, 0.3) is 22.2 Å². The van der Waals surface area contributed by atoms with Crippen LogP contribution in [0.2, 0.25) is 0 Å². The Hall–Kier alpha value is -3.84.